The summed E-state index contributed by atoms with van der Waals surface area (Å²) in [7, 11) is 0. The van der Waals surface area contributed by atoms with Gasteiger partial charge in [-0.25, -0.2) is 0 Å². The van der Waals surface area contributed by atoms with Gasteiger partial charge in [0.25, 0.3) is 0 Å². The first kappa shape index (κ1) is 76.9. The predicted octanol–water partition coefficient (Wildman–Crippen LogP) is 9.31. The first-order valence-electron chi connectivity index (χ1n) is 3.77. The Kier molecular flexibility index (Phi) is 138. The molecule has 0 aliphatic heterocycles. The van der Waals surface area contributed by atoms with Crippen molar-refractivity contribution in [3.8, 4) is 11.1 Å². The van der Waals surface area contributed by atoms with Crippen LogP contribution >= 0.6 is 0 Å². The van der Waals surface area contributed by atoms with Crippen LogP contribution in [0.15, 0.2) is 49.1 Å². The van der Waals surface area contributed by atoms with E-state index in [4.69, 9.17) is 0 Å². The molecule has 20 N–H and O–H groups in total. The third kappa shape index (κ3) is 23.4. The van der Waals surface area contributed by atoms with Gasteiger partial charge in [-0.05, 0) is 35.4 Å². The van der Waals surface area contributed by atoms with E-state index in [1.165, 1.54) is 11.1 Å². The van der Waals surface area contributed by atoms with E-state index in [0.29, 0.717) is 0 Å². The molecule has 24 heavy (non-hydrogen) atoms. The molecule has 12 nitrogen and oxygen atoms in total. The summed E-state index contributed by atoms with van der Waals surface area (Å²) in [4.78, 5) is 7.91. The summed E-state index contributed by atoms with van der Waals surface area (Å²) in [6.07, 6.45) is 7.15. The molecule has 0 saturated heterocycles. The van der Waals surface area contributed by atoms with Crippen LogP contribution in [0.1, 0.15) is 0 Å². The van der Waals surface area contributed by atoms with Gasteiger partial charge in [0.1, 0.15) is 0 Å². The quantitative estimate of drug-likeness (QED) is 0.332. The molecule has 0 amide bonds. The molecule has 0 aliphatic rings. The molecular formula is C10H28N12Ru2. The topological polar surface area (TPSA) is 361 Å². The van der Waals surface area contributed by atoms with Crippen molar-refractivity contribution < 1.29 is 39.0 Å². The van der Waals surface area contributed by atoms with Crippen LogP contribution in [-0.2, 0) is 39.0 Å². The second-order valence-electron chi connectivity index (χ2n) is 2.47. The van der Waals surface area contributed by atoms with Crippen molar-refractivity contribution in [2.24, 2.45) is 0 Å². The standard InChI is InChI=1S/C10H8N2.10H2N.2Ru/c1-5-11-6-2-9(1)10-3-7-12-8-4-10;;;;;;;;;;;;/h1-8H;10*1H2;;/q;10*-1;2*+5. The zero-order valence-electron chi connectivity index (χ0n) is 13.0. The fourth-order valence-electron chi connectivity index (χ4n) is 1.09. The summed E-state index contributed by atoms with van der Waals surface area (Å²) in [5, 5.41) is 0. The van der Waals surface area contributed by atoms with Gasteiger partial charge in [0.05, 0.1) is 0 Å². The van der Waals surface area contributed by atoms with Gasteiger partial charge in [-0.2, -0.15) is 0 Å². The van der Waals surface area contributed by atoms with E-state index in [1.807, 2.05) is 24.3 Å². The monoisotopic (exact) mass is 520 g/mol. The molecule has 0 spiro atoms. The molecule has 144 valence electrons. The van der Waals surface area contributed by atoms with Crippen LogP contribution in [0.4, 0.5) is 0 Å². The van der Waals surface area contributed by atoms with Crippen LogP contribution < -0.4 is 0 Å². The van der Waals surface area contributed by atoms with Gasteiger partial charge >= 0.3 is 39.0 Å². The van der Waals surface area contributed by atoms with E-state index in [9.17, 15) is 0 Å². The zero-order chi connectivity index (χ0) is 8.23. The zero-order valence-corrected chi connectivity index (χ0v) is 16.5. The van der Waals surface area contributed by atoms with E-state index in [0.717, 1.165) is 0 Å². The van der Waals surface area contributed by atoms with Gasteiger partial charge in [-0.3, -0.25) is 9.97 Å². The van der Waals surface area contributed by atoms with Crippen molar-refractivity contribution in [1.82, 2.24) is 9.97 Å². The number of nitrogens with two attached hydrogens (primary N) is 10. The Morgan fingerprint density at radius 2 is 0.542 bits per heavy atom. The summed E-state index contributed by atoms with van der Waals surface area (Å²) in [5.74, 6) is 0. The maximum atomic E-state index is 3.96. The summed E-state index contributed by atoms with van der Waals surface area (Å²) >= 11 is 0. The third-order valence-electron chi connectivity index (χ3n) is 1.69. The van der Waals surface area contributed by atoms with Crippen LogP contribution in [0.2, 0.25) is 0 Å². The number of rotatable bonds is 1. The first-order chi connectivity index (χ1) is 5.97. The molecule has 2 rings (SSSR count). The molecule has 0 saturated carbocycles. The molecular weight excluding hydrogens is 490 g/mol. The van der Waals surface area contributed by atoms with Gasteiger partial charge in [0.15, 0.2) is 0 Å². The maximum absolute atomic E-state index is 3.96. The summed E-state index contributed by atoms with van der Waals surface area (Å²) in [6.45, 7) is 0. The van der Waals surface area contributed by atoms with Crippen LogP contribution in [0.25, 0.3) is 72.6 Å². The largest absolute Gasteiger partial charge is 5.00 e. The van der Waals surface area contributed by atoms with Gasteiger partial charge in [-0.15, -0.1) is 0 Å². The Balaban J connectivity index is -0.0000000156. The predicted molar refractivity (Wildman–Crippen MR) is 100 cm³/mol. The van der Waals surface area contributed by atoms with Crippen LogP contribution in [-0.4, -0.2) is 9.97 Å². The molecule has 2 aromatic rings. The molecule has 2 heterocycles. The van der Waals surface area contributed by atoms with Crippen molar-refractivity contribution in [2.45, 2.75) is 0 Å². The number of aromatic nitrogens is 2. The molecule has 0 unspecified atom stereocenters. The van der Waals surface area contributed by atoms with E-state index in [2.05, 4.69) is 9.97 Å². The average Bonchev–Trinajstić information content (AvgIpc) is 2.21. The number of nitrogens with zero attached hydrogens (tertiary/aromatic N) is 2. The fourth-order valence-corrected chi connectivity index (χ4v) is 1.09. The minimum Gasteiger partial charge on any atom is -0.693 e. The number of hydrogen-bond acceptors (Lipinski definition) is 2. The molecule has 2 aromatic heterocycles. The van der Waals surface area contributed by atoms with Crippen LogP contribution in [0, 0.1) is 0 Å². The maximum Gasteiger partial charge on any atom is 5.00 e. The Bertz CT molecular complexity index is 329. The second-order valence-corrected chi connectivity index (χ2v) is 2.47. The van der Waals surface area contributed by atoms with E-state index < -0.39 is 0 Å². The summed E-state index contributed by atoms with van der Waals surface area (Å²) < 4.78 is 0. The van der Waals surface area contributed by atoms with Crippen LogP contribution in [0.5, 0.6) is 0 Å². The third-order valence-corrected chi connectivity index (χ3v) is 1.69. The molecule has 0 bridgehead atoms. The van der Waals surface area contributed by atoms with Gasteiger partial charge in [0.2, 0.25) is 0 Å². The average molecular weight is 519 g/mol. The summed E-state index contributed by atoms with van der Waals surface area (Å²) in [6, 6.07) is 7.93. The van der Waals surface area contributed by atoms with Crippen molar-refractivity contribution in [1.29, 1.82) is 0 Å². The molecule has 0 atom stereocenters. The minimum atomic E-state index is 0. The van der Waals surface area contributed by atoms with E-state index in [-0.39, 0.29) is 100 Å². The van der Waals surface area contributed by atoms with Crippen molar-refractivity contribution in [2.75, 3.05) is 0 Å². The Morgan fingerprint density at radius 3 is 0.708 bits per heavy atom. The molecule has 2 radical (unpaired) electrons. The number of hydrogen-bond donors (Lipinski definition) is 0. The Morgan fingerprint density at radius 1 is 0.375 bits per heavy atom. The smallest absolute Gasteiger partial charge is 0.693 e. The van der Waals surface area contributed by atoms with Crippen molar-refractivity contribution in [3.63, 3.8) is 0 Å². The van der Waals surface area contributed by atoms with Crippen molar-refractivity contribution in [3.05, 3.63) is 111 Å². The van der Waals surface area contributed by atoms with Crippen LogP contribution in [0.3, 0.4) is 0 Å². The summed E-state index contributed by atoms with van der Waals surface area (Å²) in [5.41, 5.74) is 2.35. The molecule has 0 aliphatic carbocycles. The molecule has 0 fully saturated rings. The second kappa shape index (κ2) is 43.2. The minimum absolute atomic E-state index is 0. The molecule has 0 aromatic carbocycles. The SMILES string of the molecule is [NH2-].[NH2-].[NH2-].[NH2-].[NH2-].[NH2-].[NH2-].[NH2-].[NH2-].[NH2-].[Ru+5].[Ru+5].c1cc(-c2ccncc2)ccn1. The van der Waals surface area contributed by atoms with Crippen molar-refractivity contribution >= 4 is 0 Å². The Labute approximate surface area is 170 Å². The Hall–Kier alpha value is -0.853. The van der Waals surface area contributed by atoms with Gasteiger partial charge < -0.3 is 61.5 Å². The van der Waals surface area contributed by atoms with E-state index in [1.54, 1.807) is 24.8 Å². The first-order valence-corrected chi connectivity index (χ1v) is 3.77. The molecule has 14 heteroatoms. The van der Waals surface area contributed by atoms with Gasteiger partial charge in [0, 0.05) is 24.8 Å². The fraction of sp³-hybridized carbons (Fsp3) is 0. The number of pyridine rings is 2. The van der Waals surface area contributed by atoms with Gasteiger partial charge in [-0.1, -0.05) is 0 Å². The normalized spacial score (nSPS) is 4.83. The van der Waals surface area contributed by atoms with E-state index >= 15 is 0 Å².